The molecule has 0 unspecified atom stereocenters. The summed E-state index contributed by atoms with van der Waals surface area (Å²) >= 11 is 1.50. The molecule has 0 atom stereocenters. The van der Waals surface area contributed by atoms with Crippen molar-refractivity contribution in [1.82, 2.24) is 5.32 Å². The van der Waals surface area contributed by atoms with Crippen molar-refractivity contribution in [3.8, 4) is 0 Å². The number of nitrogens with two attached hydrogens (primary N) is 1. The molecule has 4 N–H and O–H groups in total. The standard InChI is InChI=1S/C20H21N3O5S2/c21-30(26,27)15-7-5-14(6-8-15)9-10-22-19(24)16-3-1-2-4-17(16)23-20(25)18-13-29-12-11-28-18/h1-8,13H,9-12H2,(H,22,24)(H,23,25)(H2,21,26,27). The van der Waals surface area contributed by atoms with Gasteiger partial charge in [-0.15, -0.1) is 11.8 Å². The van der Waals surface area contributed by atoms with Crippen LogP contribution in [0.3, 0.4) is 0 Å². The average molecular weight is 448 g/mol. The molecule has 2 amide bonds. The number of primary sulfonamides is 1. The zero-order chi connectivity index (χ0) is 21.6. The minimum Gasteiger partial charge on any atom is -0.487 e. The van der Waals surface area contributed by atoms with Gasteiger partial charge in [0.2, 0.25) is 10.0 Å². The second-order valence-electron chi connectivity index (χ2n) is 6.40. The fraction of sp³-hybridized carbons (Fsp3) is 0.200. The van der Waals surface area contributed by atoms with Gasteiger partial charge in [-0.25, -0.2) is 13.6 Å². The zero-order valence-electron chi connectivity index (χ0n) is 16.0. The van der Waals surface area contributed by atoms with Gasteiger partial charge in [0.25, 0.3) is 11.8 Å². The van der Waals surface area contributed by atoms with Gasteiger partial charge >= 0.3 is 0 Å². The maximum absolute atomic E-state index is 12.6. The highest BCUT2D eigenvalue weighted by Crippen LogP contribution is 2.20. The minimum atomic E-state index is -3.73. The summed E-state index contributed by atoms with van der Waals surface area (Å²) in [4.78, 5) is 25.0. The van der Waals surface area contributed by atoms with E-state index in [1.54, 1.807) is 41.8 Å². The van der Waals surface area contributed by atoms with Gasteiger partial charge in [0.1, 0.15) is 0 Å². The molecule has 0 aromatic heterocycles. The number of anilines is 1. The van der Waals surface area contributed by atoms with Crippen molar-refractivity contribution in [2.24, 2.45) is 5.14 Å². The number of hydrogen-bond acceptors (Lipinski definition) is 6. The summed E-state index contributed by atoms with van der Waals surface area (Å²) in [5.74, 6) is 0.280. The lowest BCUT2D eigenvalue weighted by Gasteiger charge is -2.15. The van der Waals surface area contributed by atoms with Gasteiger partial charge in [-0.2, -0.15) is 0 Å². The Morgan fingerprint density at radius 3 is 2.47 bits per heavy atom. The second-order valence-corrected chi connectivity index (χ2v) is 8.93. The van der Waals surface area contributed by atoms with E-state index in [0.29, 0.717) is 30.8 Å². The van der Waals surface area contributed by atoms with Gasteiger partial charge in [-0.3, -0.25) is 9.59 Å². The van der Waals surface area contributed by atoms with Crippen molar-refractivity contribution in [3.05, 3.63) is 70.8 Å². The number of thioether (sulfide) groups is 1. The predicted octanol–water partition coefficient (Wildman–Crippen LogP) is 1.85. The Hall–Kier alpha value is -2.82. The number of amides is 2. The number of sulfonamides is 1. The third-order valence-electron chi connectivity index (χ3n) is 4.24. The summed E-state index contributed by atoms with van der Waals surface area (Å²) in [5.41, 5.74) is 1.57. The van der Waals surface area contributed by atoms with Crippen molar-refractivity contribution >= 4 is 39.3 Å². The lowest BCUT2D eigenvalue weighted by molar-refractivity contribution is -0.116. The van der Waals surface area contributed by atoms with E-state index in [9.17, 15) is 18.0 Å². The summed E-state index contributed by atoms with van der Waals surface area (Å²) in [6.07, 6.45) is 0.503. The molecule has 30 heavy (non-hydrogen) atoms. The van der Waals surface area contributed by atoms with Crippen LogP contribution < -0.4 is 15.8 Å². The Morgan fingerprint density at radius 2 is 1.80 bits per heavy atom. The van der Waals surface area contributed by atoms with Crippen LogP contribution in [0.2, 0.25) is 0 Å². The van der Waals surface area contributed by atoms with Crippen molar-refractivity contribution in [2.75, 3.05) is 24.2 Å². The summed E-state index contributed by atoms with van der Waals surface area (Å²) in [5, 5.41) is 12.3. The first-order valence-electron chi connectivity index (χ1n) is 9.09. The molecule has 8 nitrogen and oxygen atoms in total. The second kappa shape index (κ2) is 9.79. The van der Waals surface area contributed by atoms with Crippen LogP contribution in [0.15, 0.2) is 64.6 Å². The number of hydrogen-bond donors (Lipinski definition) is 3. The third kappa shape index (κ3) is 5.85. The largest absolute Gasteiger partial charge is 0.487 e. The molecule has 3 rings (SSSR count). The summed E-state index contributed by atoms with van der Waals surface area (Å²) in [7, 11) is -3.73. The van der Waals surface area contributed by atoms with E-state index in [1.807, 2.05) is 0 Å². The van der Waals surface area contributed by atoms with E-state index in [0.717, 1.165) is 11.3 Å². The van der Waals surface area contributed by atoms with Gasteiger partial charge in [-0.1, -0.05) is 24.3 Å². The van der Waals surface area contributed by atoms with Gasteiger partial charge in [0.15, 0.2) is 5.76 Å². The SMILES string of the molecule is NS(=O)(=O)c1ccc(CCNC(=O)c2ccccc2NC(=O)C2=CSCCO2)cc1. The lowest BCUT2D eigenvalue weighted by Crippen LogP contribution is -2.27. The summed E-state index contributed by atoms with van der Waals surface area (Å²) in [6, 6.07) is 12.9. The number of ether oxygens (including phenoxy) is 1. The Morgan fingerprint density at radius 1 is 1.07 bits per heavy atom. The van der Waals surface area contributed by atoms with Crippen LogP contribution >= 0.6 is 11.8 Å². The van der Waals surface area contributed by atoms with Crippen molar-refractivity contribution in [2.45, 2.75) is 11.3 Å². The topological polar surface area (TPSA) is 128 Å². The first kappa shape index (κ1) is 21.9. The molecule has 1 heterocycles. The lowest BCUT2D eigenvalue weighted by atomic mass is 10.1. The molecule has 158 valence electrons. The van der Waals surface area contributed by atoms with Crippen molar-refractivity contribution in [1.29, 1.82) is 0 Å². The van der Waals surface area contributed by atoms with Crippen molar-refractivity contribution < 1.29 is 22.7 Å². The van der Waals surface area contributed by atoms with Crippen LogP contribution in [-0.4, -0.2) is 39.1 Å². The molecule has 10 heteroatoms. The molecular formula is C20H21N3O5S2. The highest BCUT2D eigenvalue weighted by atomic mass is 32.2. The van der Waals surface area contributed by atoms with Gasteiger partial charge in [-0.05, 0) is 36.2 Å². The maximum atomic E-state index is 12.6. The van der Waals surface area contributed by atoms with Crippen LogP contribution in [0.25, 0.3) is 0 Å². The normalized spacial score (nSPS) is 13.7. The van der Waals surface area contributed by atoms with E-state index in [-0.39, 0.29) is 16.6 Å². The van der Waals surface area contributed by atoms with Crippen LogP contribution in [0.5, 0.6) is 0 Å². The van der Waals surface area contributed by atoms with Crippen LogP contribution in [-0.2, 0) is 26.0 Å². The molecule has 1 aliphatic heterocycles. The van der Waals surface area contributed by atoms with E-state index < -0.39 is 15.9 Å². The average Bonchev–Trinajstić information content (AvgIpc) is 2.74. The van der Waals surface area contributed by atoms with Crippen LogP contribution in [0.4, 0.5) is 5.69 Å². The van der Waals surface area contributed by atoms with E-state index in [1.165, 1.54) is 23.9 Å². The zero-order valence-corrected chi connectivity index (χ0v) is 17.6. The molecule has 1 aliphatic rings. The molecule has 0 spiro atoms. The third-order valence-corrected chi connectivity index (χ3v) is 5.96. The maximum Gasteiger partial charge on any atom is 0.291 e. The molecule has 0 fully saturated rings. The first-order chi connectivity index (χ1) is 14.3. The molecule has 0 saturated heterocycles. The Labute approximate surface area is 178 Å². The Balaban J connectivity index is 1.59. The fourth-order valence-electron chi connectivity index (χ4n) is 2.72. The monoisotopic (exact) mass is 447 g/mol. The van der Waals surface area contributed by atoms with Crippen molar-refractivity contribution in [3.63, 3.8) is 0 Å². The van der Waals surface area contributed by atoms with E-state index in [2.05, 4.69) is 10.6 Å². The number of carbonyl (C=O) groups excluding carboxylic acids is 2. The first-order valence-corrected chi connectivity index (χ1v) is 11.7. The number of benzene rings is 2. The van der Waals surface area contributed by atoms with Gasteiger partial charge in [0, 0.05) is 17.7 Å². The summed E-state index contributed by atoms with van der Waals surface area (Å²) in [6.45, 7) is 0.797. The van der Waals surface area contributed by atoms with Crippen LogP contribution in [0, 0.1) is 0 Å². The minimum absolute atomic E-state index is 0.0374. The van der Waals surface area contributed by atoms with E-state index >= 15 is 0 Å². The number of para-hydroxylation sites is 1. The van der Waals surface area contributed by atoms with Gasteiger partial charge < -0.3 is 15.4 Å². The highest BCUT2D eigenvalue weighted by molar-refractivity contribution is 8.02. The van der Waals surface area contributed by atoms with E-state index in [4.69, 9.17) is 9.88 Å². The number of rotatable bonds is 7. The number of nitrogens with one attached hydrogen (secondary N) is 2. The fourth-order valence-corrected chi connectivity index (χ4v) is 3.86. The quantitative estimate of drug-likeness (QED) is 0.594. The van der Waals surface area contributed by atoms with Crippen LogP contribution in [0.1, 0.15) is 15.9 Å². The Bertz CT molecular complexity index is 1070. The molecular weight excluding hydrogens is 426 g/mol. The molecule has 2 aromatic rings. The smallest absolute Gasteiger partial charge is 0.291 e. The summed E-state index contributed by atoms with van der Waals surface area (Å²) < 4.78 is 27.9. The Kier molecular flexibility index (Phi) is 7.14. The molecule has 0 saturated carbocycles. The number of carbonyl (C=O) groups is 2. The molecule has 0 aliphatic carbocycles. The predicted molar refractivity (Wildman–Crippen MR) is 115 cm³/mol. The molecule has 2 aromatic carbocycles. The highest BCUT2D eigenvalue weighted by Gasteiger charge is 2.18. The van der Waals surface area contributed by atoms with Gasteiger partial charge in [0.05, 0.1) is 22.8 Å². The molecule has 0 bridgehead atoms. The molecule has 0 radical (unpaired) electrons.